The molecule has 2 aromatic carbocycles. The maximum absolute atomic E-state index is 12.5. The van der Waals surface area contributed by atoms with Crippen molar-refractivity contribution in [3.8, 4) is 5.75 Å². The average molecular weight is 422 g/mol. The van der Waals surface area contributed by atoms with Gasteiger partial charge in [-0.2, -0.15) is 0 Å². The molecule has 2 amide bonds. The Morgan fingerprint density at radius 3 is 2.55 bits per heavy atom. The number of Topliss-reactive ketones (excluding diaryl/α,β-unsaturated/α-hetero) is 1. The molecule has 1 atom stereocenters. The lowest BCUT2D eigenvalue weighted by Gasteiger charge is -2.15. The summed E-state index contributed by atoms with van der Waals surface area (Å²) in [5.74, 6) is -1.38. The van der Waals surface area contributed by atoms with E-state index >= 15 is 0 Å². The fourth-order valence-electron chi connectivity index (χ4n) is 3.20. The smallest absolute Gasteiger partial charge is 0.338 e. The van der Waals surface area contributed by atoms with E-state index in [0.29, 0.717) is 23.5 Å². The molecule has 31 heavy (non-hydrogen) atoms. The second kappa shape index (κ2) is 9.82. The van der Waals surface area contributed by atoms with Crippen LogP contribution in [0.5, 0.6) is 5.75 Å². The summed E-state index contributed by atoms with van der Waals surface area (Å²) in [5.41, 5.74) is 0.871. The quantitative estimate of drug-likeness (QED) is 0.286. The van der Waals surface area contributed by atoms with Gasteiger partial charge >= 0.3 is 5.97 Å². The van der Waals surface area contributed by atoms with Crippen LogP contribution >= 0.6 is 0 Å². The van der Waals surface area contributed by atoms with Crippen LogP contribution in [0.3, 0.4) is 0 Å². The van der Waals surface area contributed by atoms with E-state index < -0.39 is 24.4 Å². The number of carbonyl (C=O) groups excluding carboxylic acids is 4. The predicted octanol–water partition coefficient (Wildman–Crippen LogP) is 2.14. The fourth-order valence-corrected chi connectivity index (χ4v) is 3.20. The van der Waals surface area contributed by atoms with E-state index in [-0.39, 0.29) is 23.8 Å². The minimum Gasteiger partial charge on any atom is -0.496 e. The van der Waals surface area contributed by atoms with Gasteiger partial charge in [-0.25, -0.2) is 9.69 Å². The third kappa shape index (κ3) is 4.87. The topological polar surface area (TPSA) is 102 Å². The number of methoxy groups -OCH3 is 1. The van der Waals surface area contributed by atoms with Crippen LogP contribution in [-0.2, 0) is 14.3 Å². The Morgan fingerprint density at radius 2 is 1.87 bits per heavy atom. The zero-order valence-electron chi connectivity index (χ0n) is 17.0. The summed E-state index contributed by atoms with van der Waals surface area (Å²) in [6, 6.07) is 11.9. The first-order valence-electron chi connectivity index (χ1n) is 9.60. The van der Waals surface area contributed by atoms with Gasteiger partial charge in [0.05, 0.1) is 36.4 Å². The van der Waals surface area contributed by atoms with Crippen molar-refractivity contribution in [3.63, 3.8) is 0 Å². The van der Waals surface area contributed by atoms with E-state index in [2.05, 4.69) is 11.9 Å². The molecule has 8 heteroatoms. The van der Waals surface area contributed by atoms with Crippen LogP contribution in [0.25, 0.3) is 0 Å². The van der Waals surface area contributed by atoms with Gasteiger partial charge in [-0.1, -0.05) is 18.2 Å². The van der Waals surface area contributed by atoms with Crippen LogP contribution in [-0.4, -0.2) is 49.9 Å². The molecule has 0 bridgehead atoms. The molecule has 160 valence electrons. The van der Waals surface area contributed by atoms with Crippen molar-refractivity contribution in [1.82, 2.24) is 5.32 Å². The van der Waals surface area contributed by atoms with E-state index in [1.807, 2.05) is 0 Å². The van der Waals surface area contributed by atoms with Crippen molar-refractivity contribution in [2.45, 2.75) is 12.5 Å². The van der Waals surface area contributed by atoms with Gasteiger partial charge < -0.3 is 14.8 Å². The first-order valence-corrected chi connectivity index (χ1v) is 9.60. The Labute approximate surface area is 179 Å². The Morgan fingerprint density at radius 1 is 1.16 bits per heavy atom. The number of anilines is 1. The molecule has 0 radical (unpaired) electrons. The van der Waals surface area contributed by atoms with E-state index in [4.69, 9.17) is 9.47 Å². The lowest BCUT2D eigenvalue weighted by molar-refractivity contribution is -0.121. The Balaban J connectivity index is 1.63. The molecule has 3 rings (SSSR count). The van der Waals surface area contributed by atoms with Gasteiger partial charge in [0, 0.05) is 6.54 Å². The van der Waals surface area contributed by atoms with Crippen molar-refractivity contribution >= 4 is 29.3 Å². The maximum Gasteiger partial charge on any atom is 0.338 e. The second-order valence-electron chi connectivity index (χ2n) is 6.77. The molecule has 0 spiro atoms. The Kier molecular flexibility index (Phi) is 6.94. The van der Waals surface area contributed by atoms with Crippen LogP contribution in [0.2, 0.25) is 0 Å². The number of hydrogen-bond acceptors (Lipinski definition) is 7. The number of rotatable bonds is 9. The van der Waals surface area contributed by atoms with E-state index in [1.54, 1.807) is 30.3 Å². The summed E-state index contributed by atoms with van der Waals surface area (Å²) in [6.07, 6.45) is 1.67. The molecular formula is C23H22N2O6. The van der Waals surface area contributed by atoms with E-state index in [0.717, 1.165) is 4.90 Å². The first-order chi connectivity index (χ1) is 15.0. The number of ether oxygens (including phenoxy) is 2. The number of ketones is 1. The van der Waals surface area contributed by atoms with Crippen molar-refractivity contribution in [2.24, 2.45) is 0 Å². The molecule has 0 aliphatic carbocycles. The molecule has 0 saturated carbocycles. The lowest BCUT2D eigenvalue weighted by atomic mass is 10.1. The van der Waals surface area contributed by atoms with Gasteiger partial charge in [-0.3, -0.25) is 14.4 Å². The molecule has 1 aliphatic heterocycles. The zero-order valence-corrected chi connectivity index (χ0v) is 17.0. The summed E-state index contributed by atoms with van der Waals surface area (Å²) in [5, 5.41) is 2.94. The van der Waals surface area contributed by atoms with Gasteiger partial charge in [0.15, 0.2) is 6.61 Å². The first kappa shape index (κ1) is 21.9. The summed E-state index contributed by atoms with van der Waals surface area (Å²) in [6.45, 7) is 3.55. The van der Waals surface area contributed by atoms with Crippen molar-refractivity contribution < 1.29 is 28.7 Å². The third-order valence-corrected chi connectivity index (χ3v) is 4.76. The third-order valence-electron chi connectivity index (χ3n) is 4.76. The van der Waals surface area contributed by atoms with E-state index in [1.165, 1.54) is 31.4 Å². The van der Waals surface area contributed by atoms with Crippen molar-refractivity contribution in [3.05, 3.63) is 72.3 Å². The van der Waals surface area contributed by atoms with Crippen LogP contribution in [0, 0.1) is 0 Å². The van der Waals surface area contributed by atoms with Crippen LogP contribution in [0.1, 0.15) is 27.1 Å². The van der Waals surface area contributed by atoms with Gasteiger partial charge in [0.25, 0.3) is 5.91 Å². The number of para-hydroxylation sites is 1. The number of benzene rings is 2. The van der Waals surface area contributed by atoms with Gasteiger partial charge in [0.1, 0.15) is 5.75 Å². The highest BCUT2D eigenvalue weighted by molar-refractivity contribution is 6.22. The molecular weight excluding hydrogens is 400 g/mol. The number of hydrogen-bond donors (Lipinski definition) is 1. The minimum absolute atomic E-state index is 0.0571. The zero-order chi connectivity index (χ0) is 22.4. The maximum atomic E-state index is 12.5. The predicted molar refractivity (Wildman–Crippen MR) is 113 cm³/mol. The molecule has 8 nitrogen and oxygen atoms in total. The number of nitrogens with one attached hydrogen (secondary N) is 1. The number of carbonyl (C=O) groups is 4. The highest BCUT2D eigenvalue weighted by atomic mass is 16.5. The second-order valence-corrected chi connectivity index (χ2v) is 6.77. The average Bonchev–Trinajstić information content (AvgIpc) is 3.08. The number of esters is 1. The minimum atomic E-state index is -0.695. The molecule has 2 aromatic rings. The number of imide groups is 1. The van der Waals surface area contributed by atoms with Crippen LogP contribution < -0.4 is 15.0 Å². The standard InChI is InChI=1S/C23H22N2O6/c1-3-12-24-18-13-21(27)25(22(18)28)16-10-8-15(9-11-16)23(29)31-14-19(26)17-6-4-5-7-20(17)30-2/h3-11,18,24H,1,12-14H2,2H3. The molecule has 1 N–H and O–H groups in total. The molecule has 1 fully saturated rings. The fraction of sp³-hybridized carbons (Fsp3) is 0.217. The van der Waals surface area contributed by atoms with Crippen LogP contribution in [0.15, 0.2) is 61.2 Å². The highest BCUT2D eigenvalue weighted by Gasteiger charge is 2.39. The number of amides is 2. The lowest BCUT2D eigenvalue weighted by Crippen LogP contribution is -2.38. The Bertz CT molecular complexity index is 1010. The molecule has 1 aliphatic rings. The van der Waals surface area contributed by atoms with Gasteiger partial charge in [-0.15, -0.1) is 6.58 Å². The van der Waals surface area contributed by atoms with E-state index in [9.17, 15) is 19.2 Å². The molecule has 1 unspecified atom stereocenters. The summed E-state index contributed by atoms with van der Waals surface area (Å²) in [4.78, 5) is 50.4. The molecule has 1 saturated heterocycles. The molecule has 0 aromatic heterocycles. The highest BCUT2D eigenvalue weighted by Crippen LogP contribution is 2.24. The molecule has 1 heterocycles. The largest absolute Gasteiger partial charge is 0.496 e. The number of nitrogens with zero attached hydrogens (tertiary/aromatic N) is 1. The summed E-state index contributed by atoms with van der Waals surface area (Å²) < 4.78 is 10.2. The SMILES string of the molecule is C=CCNC1CC(=O)N(c2ccc(C(=O)OCC(=O)c3ccccc3OC)cc2)C1=O. The van der Waals surface area contributed by atoms with Gasteiger partial charge in [-0.05, 0) is 36.4 Å². The summed E-state index contributed by atoms with van der Waals surface area (Å²) >= 11 is 0. The normalized spacial score (nSPS) is 15.6. The summed E-state index contributed by atoms with van der Waals surface area (Å²) in [7, 11) is 1.45. The van der Waals surface area contributed by atoms with Crippen molar-refractivity contribution in [2.75, 3.05) is 25.2 Å². The van der Waals surface area contributed by atoms with Crippen molar-refractivity contribution in [1.29, 1.82) is 0 Å². The monoisotopic (exact) mass is 422 g/mol. The van der Waals surface area contributed by atoms with Gasteiger partial charge in [0.2, 0.25) is 11.7 Å². The Hall–Kier alpha value is -3.78. The van der Waals surface area contributed by atoms with Crippen LogP contribution in [0.4, 0.5) is 5.69 Å².